The van der Waals surface area contributed by atoms with Crippen LogP contribution in [0.25, 0.3) is 10.8 Å². The predicted molar refractivity (Wildman–Crippen MR) is 166 cm³/mol. The summed E-state index contributed by atoms with van der Waals surface area (Å²) in [6.45, 7) is 0. The molecule has 8 N–H and O–H groups in total. The number of halogens is 2. The zero-order valence-corrected chi connectivity index (χ0v) is 39.3. The molecular formula is C22H18Cl2N4Na4O16S4. The van der Waals surface area contributed by atoms with Gasteiger partial charge in [-0.3, -0.25) is 18.2 Å². The van der Waals surface area contributed by atoms with E-state index in [1.54, 1.807) is 0 Å². The summed E-state index contributed by atoms with van der Waals surface area (Å²) in [7, 11) is -21.1. The van der Waals surface area contributed by atoms with Gasteiger partial charge in [0, 0.05) is 10.0 Å². The smallest absolute Gasteiger partial charge is 1.00 e. The Hall–Kier alpha value is -0.240. The van der Waals surface area contributed by atoms with Crippen LogP contribution in [0.4, 0.5) is 22.7 Å². The van der Waals surface area contributed by atoms with Crippen LogP contribution in [-0.4, -0.2) is 72.3 Å². The fourth-order valence-corrected chi connectivity index (χ4v) is 7.04. The average molecular weight is 886 g/mol. The largest absolute Gasteiger partial charge is 1.00 e. The first-order chi connectivity index (χ1) is 21.8. The third kappa shape index (κ3) is 11.4. The Kier molecular flexibility index (Phi) is 18.7. The number of aromatic hydroxyl groups is 4. The van der Waals surface area contributed by atoms with E-state index >= 15 is 0 Å². The Balaban J connectivity index is -0.00000108. The Bertz CT molecular complexity index is 2440. The van der Waals surface area contributed by atoms with Crippen LogP contribution in [0.5, 0.6) is 23.0 Å². The van der Waals surface area contributed by atoms with E-state index in [1.165, 1.54) is 0 Å². The van der Waals surface area contributed by atoms with Gasteiger partial charge in [0.05, 0.1) is 5.39 Å². The normalized spacial score (nSPS) is 12.2. The number of rotatable bonds is 8. The van der Waals surface area contributed by atoms with Crippen molar-refractivity contribution in [3.8, 4) is 23.0 Å². The van der Waals surface area contributed by atoms with Gasteiger partial charge in [0.1, 0.15) is 42.3 Å². The minimum Gasteiger partial charge on any atom is -1.00 e. The van der Waals surface area contributed by atoms with E-state index in [1.807, 2.05) is 0 Å². The maximum atomic E-state index is 12.2. The van der Waals surface area contributed by atoms with E-state index in [0.29, 0.717) is 24.3 Å². The SMILES string of the molecule is O=S(=O)(O)c1cc(Cl)cc(N=Nc2c(S(=O)(=O)O)cc3cc(S(=O)(=O)O)c(N=Nc4cc(Cl)cc(S(=O)(=O)O)c4O)c(O)c3c2O)c1O.[H-].[H-].[H-].[H-].[Na+].[Na+].[Na+].[Na+]. The molecule has 4 aromatic rings. The van der Waals surface area contributed by atoms with Crippen LogP contribution in [0, 0.1) is 0 Å². The third-order valence-electron chi connectivity index (χ3n) is 5.92. The Morgan fingerprint density at radius 2 is 0.731 bits per heavy atom. The molecule has 0 amide bonds. The number of fused-ring (bicyclic) bond motifs is 1. The maximum Gasteiger partial charge on any atom is 1.00 e. The average Bonchev–Trinajstić information content (AvgIpc) is 2.92. The van der Waals surface area contributed by atoms with Crippen molar-refractivity contribution in [3.63, 3.8) is 0 Å². The molecule has 20 nitrogen and oxygen atoms in total. The molecule has 0 saturated carbocycles. The molecule has 0 heterocycles. The van der Waals surface area contributed by atoms with Gasteiger partial charge in [-0.2, -0.15) is 33.7 Å². The molecule has 0 fully saturated rings. The molecule has 0 saturated heterocycles. The van der Waals surface area contributed by atoms with Gasteiger partial charge in [-0.15, -0.1) is 20.5 Å². The minimum absolute atomic E-state index is 0. The zero-order valence-electron chi connectivity index (χ0n) is 30.5. The van der Waals surface area contributed by atoms with E-state index in [0.717, 1.165) is 12.1 Å². The molecule has 30 heteroatoms. The van der Waals surface area contributed by atoms with E-state index in [-0.39, 0.29) is 124 Å². The maximum absolute atomic E-state index is 12.2. The first kappa shape index (κ1) is 51.8. The molecule has 0 aliphatic heterocycles. The number of hydrogen-bond acceptors (Lipinski definition) is 16. The minimum atomic E-state index is -5.43. The van der Waals surface area contributed by atoms with E-state index < -0.39 is 127 Å². The van der Waals surface area contributed by atoms with Gasteiger partial charge in [0.15, 0.2) is 23.0 Å². The zero-order chi connectivity index (χ0) is 36.3. The van der Waals surface area contributed by atoms with Crippen LogP contribution in [0.1, 0.15) is 5.71 Å². The third-order valence-corrected chi connectivity index (χ3v) is 9.82. The van der Waals surface area contributed by atoms with Crippen molar-refractivity contribution in [2.24, 2.45) is 20.5 Å². The van der Waals surface area contributed by atoms with Crippen LogP contribution in [0.3, 0.4) is 0 Å². The first-order valence-corrected chi connectivity index (χ1v) is 18.2. The van der Waals surface area contributed by atoms with Crippen molar-refractivity contribution < 1.29 is 196 Å². The van der Waals surface area contributed by atoms with Gasteiger partial charge in [0.25, 0.3) is 40.5 Å². The van der Waals surface area contributed by atoms with Gasteiger partial charge >= 0.3 is 118 Å². The summed E-state index contributed by atoms with van der Waals surface area (Å²) in [5.74, 6) is -5.33. The summed E-state index contributed by atoms with van der Waals surface area (Å²) in [6, 6.07) is 3.61. The summed E-state index contributed by atoms with van der Waals surface area (Å²) in [6.07, 6.45) is 0. The second-order valence-electron chi connectivity index (χ2n) is 9.09. The molecule has 4 aromatic carbocycles. The van der Waals surface area contributed by atoms with Crippen LogP contribution in [0.2, 0.25) is 10.0 Å². The molecule has 52 heavy (non-hydrogen) atoms. The van der Waals surface area contributed by atoms with Gasteiger partial charge in [-0.1, -0.05) is 23.2 Å². The number of azo groups is 2. The summed E-state index contributed by atoms with van der Waals surface area (Å²) < 4.78 is 133. The fourth-order valence-electron chi connectivity index (χ4n) is 3.92. The monoisotopic (exact) mass is 884 g/mol. The quantitative estimate of drug-likeness (QED) is 0.0463. The van der Waals surface area contributed by atoms with Gasteiger partial charge in [-0.05, 0) is 41.8 Å². The Morgan fingerprint density at radius 3 is 1.00 bits per heavy atom. The molecule has 264 valence electrons. The van der Waals surface area contributed by atoms with Crippen molar-refractivity contribution in [2.75, 3.05) is 0 Å². The molecule has 0 bridgehead atoms. The number of nitrogens with zero attached hydrogens (tertiary/aromatic N) is 4. The van der Waals surface area contributed by atoms with Crippen LogP contribution in [-0.2, 0) is 40.5 Å². The fraction of sp³-hybridized carbons (Fsp3) is 0. The molecule has 0 unspecified atom stereocenters. The van der Waals surface area contributed by atoms with Gasteiger partial charge in [-0.25, -0.2) is 0 Å². The van der Waals surface area contributed by atoms with Crippen molar-refractivity contribution in [1.29, 1.82) is 0 Å². The van der Waals surface area contributed by atoms with Crippen molar-refractivity contribution in [1.82, 2.24) is 0 Å². The van der Waals surface area contributed by atoms with Crippen LogP contribution >= 0.6 is 23.2 Å². The first-order valence-electron chi connectivity index (χ1n) is 11.7. The van der Waals surface area contributed by atoms with E-state index in [2.05, 4.69) is 20.5 Å². The number of hydrogen-bond donors (Lipinski definition) is 8. The number of phenolic OH excluding ortho intramolecular Hbond substituents is 4. The molecule has 0 aliphatic rings. The number of benzene rings is 4. The van der Waals surface area contributed by atoms with E-state index in [9.17, 15) is 72.3 Å². The van der Waals surface area contributed by atoms with E-state index in [4.69, 9.17) is 23.2 Å². The number of phenols is 4. The summed E-state index contributed by atoms with van der Waals surface area (Å²) in [4.78, 5) is -4.99. The van der Waals surface area contributed by atoms with Crippen LogP contribution in [0.15, 0.2) is 76.4 Å². The standard InChI is InChI=1S/C22H14Cl2N4O16S4.4Na.4H/c23-8-3-10(19(29)14(5-8)47(39,40)41)25-27-17-12(45(33,34)35)1-7-2-13(46(36,37)38)18(22(32)16(7)21(17)31)28-26-11-4-9(24)6-15(20(11)30)48(42,43)44;;;;;;;;/h1-6,29-32H,(H,33,34,35)(H,36,37,38)(H,39,40,41)(H,42,43,44);;;;;;;;/q;4*+1;4*-1. The molecular weight excluding hydrogens is 867 g/mol. The molecule has 0 atom stereocenters. The van der Waals surface area contributed by atoms with Crippen molar-refractivity contribution in [3.05, 3.63) is 46.4 Å². The Labute approximate surface area is 397 Å². The Morgan fingerprint density at radius 1 is 0.442 bits per heavy atom. The molecule has 0 aromatic heterocycles. The second kappa shape index (κ2) is 18.8. The molecule has 0 aliphatic carbocycles. The molecule has 0 spiro atoms. The summed E-state index contributed by atoms with van der Waals surface area (Å²) in [5.41, 5.74) is -4.16. The summed E-state index contributed by atoms with van der Waals surface area (Å²) >= 11 is 11.6. The van der Waals surface area contributed by atoms with Crippen molar-refractivity contribution >= 4 is 97.2 Å². The van der Waals surface area contributed by atoms with Gasteiger partial charge < -0.3 is 26.1 Å². The van der Waals surface area contributed by atoms with Crippen molar-refractivity contribution in [2.45, 2.75) is 19.6 Å². The predicted octanol–water partition coefficient (Wildman–Crippen LogP) is -6.75. The van der Waals surface area contributed by atoms with Gasteiger partial charge in [0.2, 0.25) is 0 Å². The van der Waals surface area contributed by atoms with Crippen LogP contribution < -0.4 is 118 Å². The molecule has 4 rings (SSSR count). The topological polar surface area (TPSA) is 348 Å². The molecule has 0 radical (unpaired) electrons. The summed E-state index contributed by atoms with van der Waals surface area (Å²) in [5, 5.41) is 53.5. The second-order valence-corrected chi connectivity index (χ2v) is 15.5.